The van der Waals surface area contributed by atoms with Gasteiger partial charge in [-0.1, -0.05) is 0 Å². The second-order valence-corrected chi connectivity index (χ2v) is 8.50. The van der Waals surface area contributed by atoms with Crippen molar-refractivity contribution < 1.29 is 9.59 Å². The van der Waals surface area contributed by atoms with E-state index >= 15 is 0 Å². The molecule has 4 heterocycles. The number of nitrogens with one attached hydrogen (secondary N) is 1. The number of thiophene rings is 1. The molecule has 1 fully saturated rings. The average Bonchev–Trinajstić information content (AvgIpc) is 3.39. The molecule has 30 heavy (non-hydrogen) atoms. The lowest BCUT2D eigenvalue weighted by Gasteiger charge is -2.35. The number of hydrogen-bond acceptors (Lipinski definition) is 5. The molecule has 0 aliphatic carbocycles. The summed E-state index contributed by atoms with van der Waals surface area (Å²) in [5, 5.41) is 9.48. The number of hydrogen-bond donors (Lipinski definition) is 1. The highest BCUT2D eigenvalue weighted by molar-refractivity contribution is 7.10. The monoisotopic (exact) mass is 429 g/mol. The number of carbonyl (C=O) groups is 2. The Hall–Kier alpha value is -2.88. The number of rotatable bonds is 4. The smallest absolute Gasteiger partial charge is 0.246 e. The molecule has 2 aromatic heterocycles. The molecule has 0 aromatic carbocycles. The van der Waals surface area contributed by atoms with Crippen LogP contribution < -0.4 is 10.2 Å². The number of guanidine groups is 1. The Kier molecular flexibility index (Phi) is 6.03. The summed E-state index contributed by atoms with van der Waals surface area (Å²) >= 11 is 1.77. The zero-order valence-corrected chi connectivity index (χ0v) is 18.2. The van der Waals surface area contributed by atoms with E-state index in [1.807, 2.05) is 23.0 Å². The molecule has 1 N–H and O–H groups in total. The van der Waals surface area contributed by atoms with Gasteiger partial charge in [-0.3, -0.25) is 19.3 Å². The maximum atomic E-state index is 12.6. The molecule has 0 spiro atoms. The van der Waals surface area contributed by atoms with Gasteiger partial charge in [-0.2, -0.15) is 5.10 Å². The predicted molar refractivity (Wildman–Crippen MR) is 117 cm³/mol. The maximum Gasteiger partial charge on any atom is 0.246 e. The van der Waals surface area contributed by atoms with Crippen molar-refractivity contribution in [3.8, 4) is 0 Å². The summed E-state index contributed by atoms with van der Waals surface area (Å²) < 4.78 is 1.69. The third-order valence-electron chi connectivity index (χ3n) is 5.52. The topological polar surface area (TPSA) is 86.1 Å². The van der Waals surface area contributed by atoms with Gasteiger partial charge in [-0.15, -0.1) is 11.3 Å². The van der Waals surface area contributed by atoms with Crippen molar-refractivity contribution in [1.29, 1.82) is 0 Å². The van der Waals surface area contributed by atoms with Crippen molar-refractivity contribution in [3.63, 3.8) is 0 Å². The van der Waals surface area contributed by atoms with Gasteiger partial charge in [-0.05, 0) is 23.4 Å². The highest BCUT2D eigenvalue weighted by Crippen LogP contribution is 2.24. The highest BCUT2D eigenvalue weighted by Gasteiger charge is 2.28. The maximum absolute atomic E-state index is 12.6. The molecule has 0 unspecified atom stereocenters. The lowest BCUT2D eigenvalue weighted by atomic mass is 10.1. The van der Waals surface area contributed by atoms with Crippen LogP contribution in [0.4, 0.5) is 5.69 Å². The number of aryl methyl sites for hydroxylation is 1. The first-order chi connectivity index (χ1) is 14.5. The first kappa shape index (κ1) is 20.4. The van der Waals surface area contributed by atoms with Gasteiger partial charge in [0.05, 0.1) is 11.9 Å². The van der Waals surface area contributed by atoms with Gasteiger partial charge in [0, 0.05) is 64.3 Å². The molecule has 2 aromatic rings. The summed E-state index contributed by atoms with van der Waals surface area (Å²) in [7, 11) is 3.53. The molecule has 0 atom stereocenters. The number of amides is 2. The first-order valence-electron chi connectivity index (χ1n) is 10.1. The van der Waals surface area contributed by atoms with Crippen LogP contribution in [0.1, 0.15) is 16.9 Å². The van der Waals surface area contributed by atoms with E-state index in [-0.39, 0.29) is 18.4 Å². The minimum absolute atomic E-state index is 0.00756. The Morgan fingerprint density at radius 2 is 2.13 bits per heavy atom. The number of aliphatic imine (C=N–C) groups is 1. The van der Waals surface area contributed by atoms with Crippen LogP contribution in [0.15, 0.2) is 28.8 Å². The lowest BCUT2D eigenvalue weighted by molar-refractivity contribution is -0.132. The minimum atomic E-state index is 0.00756. The zero-order chi connectivity index (χ0) is 21.1. The van der Waals surface area contributed by atoms with Crippen molar-refractivity contribution in [2.75, 3.05) is 44.7 Å². The van der Waals surface area contributed by atoms with E-state index < -0.39 is 0 Å². The van der Waals surface area contributed by atoms with E-state index in [0.717, 1.165) is 18.7 Å². The van der Waals surface area contributed by atoms with Gasteiger partial charge in [0.1, 0.15) is 6.54 Å². The summed E-state index contributed by atoms with van der Waals surface area (Å²) in [6, 6.07) is 2.11. The quantitative estimate of drug-likeness (QED) is 0.571. The molecular weight excluding hydrogens is 402 g/mol. The lowest BCUT2D eigenvalue weighted by Crippen LogP contribution is -2.55. The predicted octanol–water partition coefficient (Wildman–Crippen LogP) is 0.681. The molecule has 4 rings (SSSR count). The summed E-state index contributed by atoms with van der Waals surface area (Å²) in [6.45, 7) is 3.47. The van der Waals surface area contributed by atoms with Crippen molar-refractivity contribution >= 4 is 34.8 Å². The van der Waals surface area contributed by atoms with Crippen LogP contribution in [-0.4, -0.2) is 77.1 Å². The van der Waals surface area contributed by atoms with Crippen molar-refractivity contribution in [2.24, 2.45) is 12.0 Å². The van der Waals surface area contributed by atoms with Gasteiger partial charge < -0.3 is 20.0 Å². The molecule has 9 nitrogen and oxygen atoms in total. The van der Waals surface area contributed by atoms with Crippen LogP contribution >= 0.6 is 11.3 Å². The Labute approximate surface area is 180 Å². The van der Waals surface area contributed by atoms with E-state index in [2.05, 4.69) is 26.9 Å². The molecule has 2 amide bonds. The van der Waals surface area contributed by atoms with E-state index in [4.69, 9.17) is 0 Å². The van der Waals surface area contributed by atoms with Gasteiger partial charge in [0.25, 0.3) is 0 Å². The number of piperazine rings is 1. The third-order valence-corrected chi connectivity index (χ3v) is 6.54. The van der Waals surface area contributed by atoms with Crippen LogP contribution in [0.5, 0.6) is 0 Å². The average molecular weight is 430 g/mol. The molecule has 0 radical (unpaired) electrons. The Bertz CT molecular complexity index is 951. The number of aromatic nitrogens is 2. The summed E-state index contributed by atoms with van der Waals surface area (Å²) in [4.78, 5) is 36.5. The van der Waals surface area contributed by atoms with Crippen LogP contribution in [0.25, 0.3) is 0 Å². The second kappa shape index (κ2) is 8.86. The van der Waals surface area contributed by atoms with Crippen LogP contribution in [-0.2, 0) is 29.6 Å². The summed E-state index contributed by atoms with van der Waals surface area (Å²) in [5.74, 6) is 0.807. The van der Waals surface area contributed by atoms with Gasteiger partial charge in [-0.25, -0.2) is 0 Å². The molecule has 0 bridgehead atoms. The third kappa shape index (κ3) is 4.33. The zero-order valence-electron chi connectivity index (χ0n) is 17.4. The van der Waals surface area contributed by atoms with Crippen LogP contribution in [0, 0.1) is 0 Å². The summed E-state index contributed by atoms with van der Waals surface area (Å²) in [5.41, 5.74) is 2.08. The minimum Gasteiger partial charge on any atom is -0.356 e. The van der Waals surface area contributed by atoms with Crippen molar-refractivity contribution in [2.45, 2.75) is 19.4 Å². The fraction of sp³-hybridized carbons (Fsp3) is 0.500. The van der Waals surface area contributed by atoms with E-state index in [0.29, 0.717) is 38.6 Å². The van der Waals surface area contributed by atoms with Crippen LogP contribution in [0.3, 0.4) is 0 Å². The number of anilines is 1. The standard InChI is InChI=1S/C20H27N7O2S/c1-21-20(26-8-9-27(19(29)14-26)16-11-23-24(2)13-16)22-6-3-18(28)25-7-4-17-15(12-25)5-10-30-17/h5,10-11,13H,3-4,6-9,12,14H2,1-2H3,(H,21,22). The number of fused-ring (bicyclic) bond motifs is 1. The van der Waals surface area contributed by atoms with E-state index in [9.17, 15) is 9.59 Å². The normalized spacial score (nSPS) is 17.3. The van der Waals surface area contributed by atoms with Crippen molar-refractivity contribution in [1.82, 2.24) is 24.9 Å². The van der Waals surface area contributed by atoms with Gasteiger partial charge in [0.2, 0.25) is 11.8 Å². The highest BCUT2D eigenvalue weighted by atomic mass is 32.1. The van der Waals surface area contributed by atoms with Crippen LogP contribution in [0.2, 0.25) is 0 Å². The van der Waals surface area contributed by atoms with Gasteiger partial charge >= 0.3 is 0 Å². The Balaban J connectivity index is 1.25. The molecule has 2 aliphatic heterocycles. The first-order valence-corrected chi connectivity index (χ1v) is 11.0. The molecule has 0 saturated carbocycles. The number of carbonyl (C=O) groups excluding carboxylic acids is 2. The second-order valence-electron chi connectivity index (χ2n) is 7.50. The van der Waals surface area contributed by atoms with Gasteiger partial charge in [0.15, 0.2) is 5.96 Å². The van der Waals surface area contributed by atoms with E-state index in [1.165, 1.54) is 10.4 Å². The molecule has 1 saturated heterocycles. The fourth-order valence-corrected chi connectivity index (χ4v) is 4.80. The van der Waals surface area contributed by atoms with E-state index in [1.54, 1.807) is 34.2 Å². The molecule has 2 aliphatic rings. The molecular formula is C20H27N7O2S. The van der Waals surface area contributed by atoms with Crippen molar-refractivity contribution in [3.05, 3.63) is 34.3 Å². The number of nitrogens with zero attached hydrogens (tertiary/aromatic N) is 6. The molecule has 10 heteroatoms. The SMILES string of the molecule is CN=C(NCCC(=O)N1CCc2sccc2C1)N1CCN(c2cnn(C)c2)C(=O)C1. The largest absolute Gasteiger partial charge is 0.356 e. The Morgan fingerprint density at radius 3 is 2.87 bits per heavy atom. The summed E-state index contributed by atoms with van der Waals surface area (Å²) in [6.07, 6.45) is 4.89. The fourth-order valence-electron chi connectivity index (χ4n) is 3.91. The Morgan fingerprint density at radius 1 is 1.27 bits per heavy atom. The molecule has 160 valence electrons.